The van der Waals surface area contributed by atoms with Crippen LogP contribution in [0.1, 0.15) is 50.3 Å². The first-order valence-electron chi connectivity index (χ1n) is 9.96. The number of alkyl carbamates (subject to hydrolysis) is 1. The second-order valence-electron chi connectivity index (χ2n) is 8.45. The minimum atomic E-state index is -2.11. The topological polar surface area (TPSA) is 109 Å². The van der Waals surface area contributed by atoms with E-state index in [4.69, 9.17) is 4.74 Å². The van der Waals surface area contributed by atoms with E-state index >= 15 is 0 Å². The zero-order valence-electron chi connectivity index (χ0n) is 17.4. The number of anilines is 2. The Kier molecular flexibility index (Phi) is 6.63. The number of carbonyl (C=O) groups is 1. The molecule has 0 unspecified atom stereocenters. The predicted molar refractivity (Wildman–Crippen MR) is 114 cm³/mol. The molecule has 3 rings (SSSR count). The molecule has 0 bridgehead atoms. The van der Waals surface area contributed by atoms with Crippen molar-refractivity contribution in [3.63, 3.8) is 0 Å². The van der Waals surface area contributed by atoms with E-state index in [1.165, 1.54) is 0 Å². The molecule has 2 atom stereocenters. The van der Waals surface area contributed by atoms with Gasteiger partial charge in [-0.3, -0.25) is 5.10 Å². The molecular weight excluding hydrogens is 389 g/mol. The Morgan fingerprint density at radius 2 is 2.10 bits per heavy atom. The number of nitrogens with zero attached hydrogens (tertiary/aromatic N) is 2. The van der Waals surface area contributed by atoms with E-state index in [0.717, 1.165) is 30.5 Å². The van der Waals surface area contributed by atoms with E-state index < -0.39 is 7.14 Å². The zero-order chi connectivity index (χ0) is 21.0. The van der Waals surface area contributed by atoms with Crippen molar-refractivity contribution in [2.45, 2.75) is 57.3 Å². The van der Waals surface area contributed by atoms with Crippen molar-refractivity contribution in [3.05, 3.63) is 35.7 Å². The second kappa shape index (κ2) is 8.99. The van der Waals surface area contributed by atoms with Gasteiger partial charge in [-0.05, 0) is 58.1 Å². The molecule has 0 saturated heterocycles. The fraction of sp³-hybridized carbons (Fsp3) is 0.550. The number of amides is 1. The van der Waals surface area contributed by atoms with Crippen LogP contribution in [-0.4, -0.2) is 46.8 Å². The molecule has 1 aliphatic rings. The third-order valence-electron chi connectivity index (χ3n) is 4.75. The average molecular weight is 419 g/mol. The summed E-state index contributed by atoms with van der Waals surface area (Å²) in [6.07, 6.45) is 4.45. The molecule has 8 nitrogen and oxygen atoms in total. The van der Waals surface area contributed by atoms with E-state index in [0.29, 0.717) is 17.8 Å². The SMILES string of the molecule is CC(C)NC(=O)O[C@H]1CC[C@@H](c2cc(Nc3ccc(CP(C)(C)=O)cn3)n[nH]2)C1. The molecule has 1 aliphatic carbocycles. The number of rotatable bonds is 7. The molecule has 29 heavy (non-hydrogen) atoms. The van der Waals surface area contributed by atoms with Crippen LogP contribution in [0.2, 0.25) is 0 Å². The highest BCUT2D eigenvalue weighted by Gasteiger charge is 2.30. The van der Waals surface area contributed by atoms with Gasteiger partial charge in [-0.1, -0.05) is 6.07 Å². The third-order valence-corrected chi connectivity index (χ3v) is 5.87. The van der Waals surface area contributed by atoms with Gasteiger partial charge in [0.05, 0.1) is 7.14 Å². The van der Waals surface area contributed by atoms with Crippen molar-refractivity contribution in [2.75, 3.05) is 18.6 Å². The van der Waals surface area contributed by atoms with Gasteiger partial charge in [0.2, 0.25) is 0 Å². The Hall–Kier alpha value is -2.34. The molecular formula is C20H30N5O3P. The van der Waals surface area contributed by atoms with Crippen molar-refractivity contribution in [2.24, 2.45) is 0 Å². The van der Waals surface area contributed by atoms with Gasteiger partial charge in [-0.25, -0.2) is 9.78 Å². The largest absolute Gasteiger partial charge is 0.446 e. The molecule has 0 spiro atoms. The molecule has 1 saturated carbocycles. The molecule has 158 valence electrons. The van der Waals surface area contributed by atoms with Gasteiger partial charge in [-0.2, -0.15) is 5.10 Å². The van der Waals surface area contributed by atoms with Gasteiger partial charge < -0.3 is 19.9 Å². The molecule has 2 aromatic heterocycles. The van der Waals surface area contributed by atoms with Crippen LogP contribution in [0.25, 0.3) is 0 Å². The number of H-pyrrole nitrogens is 1. The standard InChI is InChI=1S/C20H30N5O3P/c1-13(2)22-20(26)28-16-7-6-15(9-16)17-10-19(25-24-17)23-18-8-5-14(11-21-18)12-29(3,4)27/h5,8,10-11,13,15-16H,6-7,9,12H2,1-4H3,(H,22,26)(H2,21,23,24,25)/t15-,16+/m1/s1. The lowest BCUT2D eigenvalue weighted by molar-refractivity contribution is 0.0981. The molecule has 0 aliphatic heterocycles. The highest BCUT2D eigenvalue weighted by molar-refractivity contribution is 7.61. The molecule has 2 aromatic rings. The van der Waals surface area contributed by atoms with Crippen molar-refractivity contribution < 1.29 is 14.1 Å². The normalized spacial score (nSPS) is 19.3. The Morgan fingerprint density at radius 3 is 2.76 bits per heavy atom. The first-order valence-corrected chi connectivity index (χ1v) is 12.7. The van der Waals surface area contributed by atoms with Crippen LogP contribution in [0.4, 0.5) is 16.4 Å². The Bertz CT molecular complexity index is 874. The van der Waals surface area contributed by atoms with Crippen LogP contribution in [0.5, 0.6) is 0 Å². The van der Waals surface area contributed by atoms with Gasteiger partial charge in [0.25, 0.3) is 0 Å². The average Bonchev–Trinajstić information content (AvgIpc) is 3.24. The van der Waals surface area contributed by atoms with E-state index in [1.807, 2.05) is 32.0 Å². The minimum Gasteiger partial charge on any atom is -0.446 e. The summed E-state index contributed by atoms with van der Waals surface area (Å²) in [4.78, 5) is 16.2. The first-order chi connectivity index (χ1) is 13.7. The maximum absolute atomic E-state index is 11.9. The number of hydrogen-bond donors (Lipinski definition) is 3. The highest BCUT2D eigenvalue weighted by atomic mass is 31.2. The maximum Gasteiger partial charge on any atom is 0.407 e. The molecule has 3 N–H and O–H groups in total. The Morgan fingerprint density at radius 1 is 1.31 bits per heavy atom. The quantitative estimate of drug-likeness (QED) is 0.573. The van der Waals surface area contributed by atoms with E-state index in [-0.39, 0.29) is 24.2 Å². The third kappa shape index (κ3) is 6.60. The molecule has 9 heteroatoms. The van der Waals surface area contributed by atoms with Crippen LogP contribution < -0.4 is 10.6 Å². The second-order valence-corrected chi connectivity index (χ2v) is 11.9. The van der Waals surface area contributed by atoms with Gasteiger partial charge in [0.15, 0.2) is 5.82 Å². The van der Waals surface area contributed by atoms with Crippen molar-refractivity contribution in [1.82, 2.24) is 20.5 Å². The fourth-order valence-corrected chi connectivity index (χ4v) is 4.59. The number of aromatic nitrogens is 3. The van der Waals surface area contributed by atoms with Crippen molar-refractivity contribution in [1.29, 1.82) is 0 Å². The zero-order valence-corrected chi connectivity index (χ0v) is 18.3. The van der Waals surface area contributed by atoms with Gasteiger partial charge in [-0.15, -0.1) is 0 Å². The van der Waals surface area contributed by atoms with Crippen LogP contribution in [0.15, 0.2) is 24.4 Å². The monoisotopic (exact) mass is 419 g/mol. The summed E-state index contributed by atoms with van der Waals surface area (Å²) in [5, 5.41) is 13.3. The molecule has 1 amide bonds. The van der Waals surface area contributed by atoms with Crippen molar-refractivity contribution >= 4 is 24.9 Å². The van der Waals surface area contributed by atoms with Gasteiger partial charge in [0, 0.05) is 36.1 Å². The summed E-state index contributed by atoms with van der Waals surface area (Å²) in [6.45, 7) is 7.37. The summed E-state index contributed by atoms with van der Waals surface area (Å²) in [7, 11) is -2.11. The lowest BCUT2D eigenvalue weighted by atomic mass is 10.0. The highest BCUT2D eigenvalue weighted by Crippen LogP contribution is 2.40. The number of ether oxygens (including phenoxy) is 1. The lowest BCUT2D eigenvalue weighted by Crippen LogP contribution is -2.33. The van der Waals surface area contributed by atoms with Crippen LogP contribution >= 0.6 is 7.14 Å². The summed E-state index contributed by atoms with van der Waals surface area (Å²) in [5.74, 6) is 1.67. The number of carbonyl (C=O) groups excluding carboxylic acids is 1. The van der Waals surface area contributed by atoms with Gasteiger partial charge in [0.1, 0.15) is 11.9 Å². The summed E-state index contributed by atoms with van der Waals surface area (Å²) in [6, 6.07) is 5.84. The lowest BCUT2D eigenvalue weighted by Gasteiger charge is -2.14. The fourth-order valence-electron chi connectivity index (χ4n) is 3.52. The minimum absolute atomic E-state index is 0.0667. The molecule has 1 fully saturated rings. The maximum atomic E-state index is 11.9. The van der Waals surface area contributed by atoms with Gasteiger partial charge >= 0.3 is 6.09 Å². The summed E-state index contributed by atoms with van der Waals surface area (Å²) >= 11 is 0. The summed E-state index contributed by atoms with van der Waals surface area (Å²) < 4.78 is 17.4. The predicted octanol–water partition coefficient (Wildman–Crippen LogP) is 4.44. The summed E-state index contributed by atoms with van der Waals surface area (Å²) in [5.41, 5.74) is 1.99. The van der Waals surface area contributed by atoms with E-state index in [1.54, 1.807) is 19.5 Å². The number of hydrogen-bond acceptors (Lipinski definition) is 6. The van der Waals surface area contributed by atoms with Crippen LogP contribution in [0, 0.1) is 0 Å². The molecule has 2 heterocycles. The van der Waals surface area contributed by atoms with Crippen molar-refractivity contribution in [3.8, 4) is 0 Å². The molecule has 0 aromatic carbocycles. The first kappa shape index (κ1) is 21.4. The van der Waals surface area contributed by atoms with E-state index in [2.05, 4.69) is 25.8 Å². The number of aromatic amines is 1. The Labute approximate surface area is 171 Å². The Balaban J connectivity index is 1.53. The number of nitrogens with one attached hydrogen (secondary N) is 3. The van der Waals surface area contributed by atoms with Crippen LogP contribution in [-0.2, 0) is 15.5 Å². The van der Waals surface area contributed by atoms with E-state index in [9.17, 15) is 9.36 Å². The smallest absolute Gasteiger partial charge is 0.407 e. The van der Waals surface area contributed by atoms with Crippen LogP contribution in [0.3, 0.4) is 0 Å². The number of pyridine rings is 1. The molecule has 0 radical (unpaired) electrons.